The van der Waals surface area contributed by atoms with Crippen molar-refractivity contribution in [3.8, 4) is 0 Å². The molecule has 1 heterocycles. The fraction of sp³-hybridized carbons (Fsp3) is 0.0333. The highest BCUT2D eigenvalue weighted by Crippen LogP contribution is 2.39. The molecule has 4 aromatic rings. The summed E-state index contributed by atoms with van der Waals surface area (Å²) in [6, 6.07) is 20.2. The summed E-state index contributed by atoms with van der Waals surface area (Å²) in [6.45, 7) is 0. The fourth-order valence-electron chi connectivity index (χ4n) is 5.41. The number of anilines is 1. The largest absolute Gasteiger partial charge is 0.398 e. The van der Waals surface area contributed by atoms with Crippen LogP contribution in [-0.2, 0) is 6.42 Å². The summed E-state index contributed by atoms with van der Waals surface area (Å²) in [4.78, 5) is 57.2. The molecule has 2 N–H and O–H groups in total. The zero-order valence-corrected chi connectivity index (χ0v) is 18.8. The van der Waals surface area contributed by atoms with Crippen molar-refractivity contribution in [1.82, 2.24) is 0 Å². The summed E-state index contributed by atoms with van der Waals surface area (Å²) in [5.41, 5.74) is 11.9. The van der Waals surface area contributed by atoms with Gasteiger partial charge in [-0.2, -0.15) is 0 Å². The van der Waals surface area contributed by atoms with Crippen LogP contribution in [0.15, 0.2) is 77.8 Å². The van der Waals surface area contributed by atoms with Crippen molar-refractivity contribution >= 4 is 40.2 Å². The molecule has 36 heavy (non-hydrogen) atoms. The number of fused-ring (bicyclic) bond motifs is 5. The van der Waals surface area contributed by atoms with Crippen LogP contribution in [0.1, 0.15) is 74.8 Å². The highest BCUT2D eigenvalue weighted by Gasteiger charge is 2.34. The summed E-state index contributed by atoms with van der Waals surface area (Å²) in [7, 11) is 0. The maximum Gasteiger partial charge on any atom is 0.196 e. The van der Waals surface area contributed by atoms with E-state index in [1.807, 2.05) is 0 Å². The van der Waals surface area contributed by atoms with Gasteiger partial charge in [0.2, 0.25) is 0 Å². The fourth-order valence-corrected chi connectivity index (χ4v) is 5.41. The lowest BCUT2D eigenvalue weighted by Crippen LogP contribution is -2.23. The standard InChI is InChI=1S/C30H16N2O4/c31-26-19(9-10-20-25(26)30(36)18-8-4-3-7-17(18)27(20)33)24-12-14-11-21-22(13-23(14)32-24)29(35)16-6-2-1-5-15(16)28(21)34/h1-11,13H,12,31H2. The lowest BCUT2D eigenvalue weighted by Gasteiger charge is -2.20. The number of carbonyl (C=O) groups excluding carboxylic acids is 4. The van der Waals surface area contributed by atoms with E-state index in [1.54, 1.807) is 72.8 Å². The minimum atomic E-state index is -0.292. The van der Waals surface area contributed by atoms with E-state index >= 15 is 0 Å². The van der Waals surface area contributed by atoms with E-state index in [0.29, 0.717) is 56.8 Å². The Kier molecular flexibility index (Phi) is 3.98. The third-order valence-electron chi connectivity index (χ3n) is 7.18. The Hall–Kier alpha value is -4.97. The molecule has 0 unspecified atom stereocenters. The smallest absolute Gasteiger partial charge is 0.196 e. The molecule has 0 saturated heterocycles. The number of hydrogen-bond donors (Lipinski definition) is 1. The van der Waals surface area contributed by atoms with E-state index in [2.05, 4.69) is 0 Å². The molecule has 3 aliphatic rings. The van der Waals surface area contributed by atoms with Crippen LogP contribution in [0.25, 0.3) is 0 Å². The molecular formula is C30H16N2O4. The molecule has 0 fully saturated rings. The van der Waals surface area contributed by atoms with Gasteiger partial charge >= 0.3 is 0 Å². The van der Waals surface area contributed by atoms with Crippen LogP contribution in [0.4, 0.5) is 11.4 Å². The molecule has 0 spiro atoms. The average molecular weight is 468 g/mol. The summed E-state index contributed by atoms with van der Waals surface area (Å²) < 4.78 is 0. The second-order valence-electron chi connectivity index (χ2n) is 9.12. The topological polar surface area (TPSA) is 107 Å². The van der Waals surface area contributed by atoms with E-state index in [1.165, 1.54) is 0 Å². The van der Waals surface area contributed by atoms with Gasteiger partial charge in [0.05, 0.1) is 22.6 Å². The number of benzene rings is 4. The molecule has 0 radical (unpaired) electrons. The highest BCUT2D eigenvalue weighted by atomic mass is 16.1. The first kappa shape index (κ1) is 20.4. The maximum atomic E-state index is 13.3. The lowest BCUT2D eigenvalue weighted by atomic mass is 9.81. The monoisotopic (exact) mass is 468 g/mol. The van der Waals surface area contributed by atoms with Gasteiger partial charge in [0.1, 0.15) is 0 Å². The molecule has 0 atom stereocenters. The number of nitrogens with zero attached hydrogens (tertiary/aromatic N) is 1. The van der Waals surface area contributed by atoms with E-state index in [4.69, 9.17) is 10.7 Å². The zero-order valence-electron chi connectivity index (χ0n) is 18.8. The van der Waals surface area contributed by atoms with Gasteiger partial charge in [-0.1, -0.05) is 54.6 Å². The van der Waals surface area contributed by atoms with Crippen LogP contribution < -0.4 is 5.73 Å². The van der Waals surface area contributed by atoms with E-state index in [0.717, 1.165) is 5.56 Å². The predicted molar refractivity (Wildman–Crippen MR) is 134 cm³/mol. The van der Waals surface area contributed by atoms with Crippen LogP contribution in [0.2, 0.25) is 0 Å². The summed E-state index contributed by atoms with van der Waals surface area (Å²) in [5, 5.41) is 0. The molecule has 7 rings (SSSR count). The zero-order chi connectivity index (χ0) is 24.7. The van der Waals surface area contributed by atoms with E-state index in [9.17, 15) is 19.2 Å². The van der Waals surface area contributed by atoms with Crippen LogP contribution in [-0.4, -0.2) is 28.8 Å². The third-order valence-corrected chi connectivity index (χ3v) is 7.18. The normalized spacial score (nSPS) is 15.1. The molecule has 4 aromatic carbocycles. The highest BCUT2D eigenvalue weighted by molar-refractivity contribution is 6.32. The van der Waals surface area contributed by atoms with Crippen molar-refractivity contribution in [2.45, 2.75) is 6.42 Å². The van der Waals surface area contributed by atoms with Gasteiger partial charge in [-0.25, -0.2) is 0 Å². The number of aliphatic imine (C=N–C) groups is 1. The van der Waals surface area contributed by atoms with Gasteiger partial charge in [0.25, 0.3) is 0 Å². The summed E-state index contributed by atoms with van der Waals surface area (Å²) in [5.74, 6) is -0.922. The molecule has 6 heteroatoms. The number of carbonyl (C=O) groups is 4. The van der Waals surface area contributed by atoms with Gasteiger partial charge in [0.15, 0.2) is 23.1 Å². The number of rotatable bonds is 1. The van der Waals surface area contributed by atoms with Gasteiger partial charge in [0, 0.05) is 50.9 Å². The number of nitrogens with two attached hydrogens (primary N) is 1. The molecule has 1 aliphatic heterocycles. The van der Waals surface area contributed by atoms with Crippen LogP contribution in [0.3, 0.4) is 0 Å². The maximum absolute atomic E-state index is 13.3. The third kappa shape index (κ3) is 2.58. The van der Waals surface area contributed by atoms with E-state index in [-0.39, 0.29) is 39.9 Å². The summed E-state index contributed by atoms with van der Waals surface area (Å²) in [6.07, 6.45) is 0.382. The van der Waals surface area contributed by atoms with Crippen molar-refractivity contribution < 1.29 is 19.2 Å². The first-order chi connectivity index (χ1) is 17.4. The van der Waals surface area contributed by atoms with Gasteiger partial charge in [-0.15, -0.1) is 0 Å². The molecule has 0 aromatic heterocycles. The minimum absolute atomic E-state index is 0.187. The van der Waals surface area contributed by atoms with Crippen molar-refractivity contribution in [1.29, 1.82) is 0 Å². The van der Waals surface area contributed by atoms with E-state index < -0.39 is 0 Å². The van der Waals surface area contributed by atoms with Crippen LogP contribution in [0, 0.1) is 0 Å². The Balaban J connectivity index is 1.32. The second kappa shape index (κ2) is 7.02. The van der Waals surface area contributed by atoms with Crippen molar-refractivity contribution in [2.24, 2.45) is 4.99 Å². The Bertz CT molecular complexity index is 1800. The Morgan fingerprint density at radius 3 is 1.67 bits per heavy atom. The summed E-state index contributed by atoms with van der Waals surface area (Å²) >= 11 is 0. The van der Waals surface area contributed by atoms with Crippen LogP contribution >= 0.6 is 0 Å². The average Bonchev–Trinajstić information content (AvgIpc) is 3.32. The Morgan fingerprint density at radius 2 is 1.06 bits per heavy atom. The van der Waals surface area contributed by atoms with Gasteiger partial charge in [-0.3, -0.25) is 24.2 Å². The van der Waals surface area contributed by atoms with Crippen molar-refractivity contribution in [3.63, 3.8) is 0 Å². The molecule has 0 bridgehead atoms. The molecule has 0 amide bonds. The quantitative estimate of drug-likeness (QED) is 0.358. The van der Waals surface area contributed by atoms with Crippen LogP contribution in [0.5, 0.6) is 0 Å². The second-order valence-corrected chi connectivity index (χ2v) is 9.12. The molecule has 0 saturated carbocycles. The molecular weight excluding hydrogens is 452 g/mol. The Labute approximate surface area is 205 Å². The lowest BCUT2D eigenvalue weighted by molar-refractivity contribution is 0.0979. The SMILES string of the molecule is Nc1c(C2=Nc3cc4c(cc3C2)C(=O)c2ccccc2C4=O)ccc2c1C(=O)c1ccccc1C2=O. The predicted octanol–water partition coefficient (Wildman–Crippen LogP) is 4.50. The molecule has 6 nitrogen and oxygen atoms in total. The first-order valence-corrected chi connectivity index (χ1v) is 11.5. The van der Waals surface area contributed by atoms with Gasteiger partial charge in [-0.05, 0) is 23.8 Å². The number of hydrogen-bond acceptors (Lipinski definition) is 6. The number of ketones is 4. The van der Waals surface area contributed by atoms with Crippen molar-refractivity contribution in [3.05, 3.63) is 128 Å². The molecule has 2 aliphatic carbocycles. The number of nitrogen functional groups attached to an aromatic ring is 1. The van der Waals surface area contributed by atoms with Crippen molar-refractivity contribution in [2.75, 3.05) is 5.73 Å². The minimum Gasteiger partial charge on any atom is -0.398 e. The Morgan fingerprint density at radius 1 is 0.556 bits per heavy atom. The van der Waals surface area contributed by atoms with Gasteiger partial charge < -0.3 is 5.73 Å². The first-order valence-electron chi connectivity index (χ1n) is 11.5. The molecule has 170 valence electrons.